The van der Waals surface area contributed by atoms with Crippen molar-refractivity contribution in [2.75, 3.05) is 13.1 Å². The summed E-state index contributed by atoms with van der Waals surface area (Å²) in [4.78, 5) is 0. The minimum absolute atomic E-state index is 0.657. The van der Waals surface area contributed by atoms with Gasteiger partial charge in [0.05, 0.1) is 12.0 Å². The molecule has 0 heterocycles. The summed E-state index contributed by atoms with van der Waals surface area (Å²) in [7, 11) is 0. The fraction of sp³-hybridized carbons (Fsp3) is 0.429. The Hall–Kier alpha value is -0.960. The highest BCUT2D eigenvalue weighted by atomic mass is 16.5. The molecule has 3 heteroatoms. The van der Waals surface area contributed by atoms with E-state index in [9.17, 15) is 0 Å². The first-order valence-corrected chi connectivity index (χ1v) is 3.22. The van der Waals surface area contributed by atoms with E-state index in [2.05, 4.69) is 11.9 Å². The smallest absolute Gasteiger partial charge is 0.110 e. The van der Waals surface area contributed by atoms with Gasteiger partial charge >= 0.3 is 0 Å². The lowest BCUT2D eigenvalue weighted by atomic mass is 10.5. The summed E-state index contributed by atoms with van der Waals surface area (Å²) >= 11 is 0. The van der Waals surface area contributed by atoms with Crippen molar-refractivity contribution >= 4 is 0 Å². The molecule has 3 N–H and O–H groups in total. The summed E-state index contributed by atoms with van der Waals surface area (Å²) in [6.45, 7) is 6.95. The second-order valence-corrected chi connectivity index (χ2v) is 1.78. The Bertz CT molecular complexity index is 121. The molecule has 0 aromatic heterocycles. The fourth-order valence-electron chi connectivity index (χ4n) is 0.447. The van der Waals surface area contributed by atoms with Crippen molar-refractivity contribution in [3.05, 3.63) is 24.8 Å². The van der Waals surface area contributed by atoms with Crippen molar-refractivity contribution < 1.29 is 4.74 Å². The van der Waals surface area contributed by atoms with Gasteiger partial charge in [-0.1, -0.05) is 13.5 Å². The van der Waals surface area contributed by atoms with Gasteiger partial charge in [0, 0.05) is 6.54 Å². The number of likely N-dealkylation sites (N-methyl/N-ethyl adjacent to an activating group) is 1. The second-order valence-electron chi connectivity index (χ2n) is 1.78. The van der Waals surface area contributed by atoms with Gasteiger partial charge in [-0.25, -0.2) is 0 Å². The van der Waals surface area contributed by atoms with E-state index in [1.165, 1.54) is 12.5 Å². The Kier molecular flexibility index (Phi) is 5.57. The van der Waals surface area contributed by atoms with Gasteiger partial charge in [-0.3, -0.25) is 0 Å². The normalized spacial score (nSPS) is 11.1. The molecule has 0 aromatic carbocycles. The Morgan fingerprint density at radius 1 is 1.80 bits per heavy atom. The molecule has 10 heavy (non-hydrogen) atoms. The summed E-state index contributed by atoms with van der Waals surface area (Å²) < 4.78 is 4.73. The lowest BCUT2D eigenvalue weighted by Crippen LogP contribution is -2.20. The first-order valence-electron chi connectivity index (χ1n) is 3.22. The van der Waals surface area contributed by atoms with Crippen LogP contribution in [0.1, 0.15) is 6.92 Å². The molecule has 0 rings (SSSR count). The predicted molar refractivity (Wildman–Crippen MR) is 42.1 cm³/mol. The van der Waals surface area contributed by atoms with E-state index in [4.69, 9.17) is 10.5 Å². The summed E-state index contributed by atoms with van der Waals surface area (Å²) in [6.07, 6.45) is 2.80. The van der Waals surface area contributed by atoms with E-state index < -0.39 is 0 Å². The molecule has 0 atom stereocenters. The average Bonchev–Trinajstić information content (AvgIpc) is 1.97. The van der Waals surface area contributed by atoms with Crippen molar-refractivity contribution in [1.82, 2.24) is 5.32 Å². The molecule has 0 aliphatic heterocycles. The maximum Gasteiger partial charge on any atom is 0.110 e. The Balaban J connectivity index is 3.38. The van der Waals surface area contributed by atoms with Crippen LogP contribution >= 0.6 is 0 Å². The summed E-state index contributed by atoms with van der Waals surface area (Å²) in [6, 6.07) is 0. The number of hydrogen-bond acceptors (Lipinski definition) is 3. The molecule has 0 saturated heterocycles. The standard InChI is InChI=1S/C7H14N2O/c1-3-9-5-7(8)6-10-4-2/h4,6,9H,2-3,5,8H2,1H3/b7-6-. The molecular formula is C7H14N2O. The van der Waals surface area contributed by atoms with Gasteiger partial charge < -0.3 is 15.8 Å². The Morgan fingerprint density at radius 3 is 3.00 bits per heavy atom. The molecule has 0 amide bonds. The third-order valence-electron chi connectivity index (χ3n) is 0.895. The van der Waals surface area contributed by atoms with Gasteiger partial charge in [0.15, 0.2) is 0 Å². The van der Waals surface area contributed by atoms with Crippen molar-refractivity contribution in [3.8, 4) is 0 Å². The van der Waals surface area contributed by atoms with E-state index >= 15 is 0 Å². The van der Waals surface area contributed by atoms with Crippen LogP contribution in [0.3, 0.4) is 0 Å². The molecule has 0 aromatic rings. The number of hydrogen-bond donors (Lipinski definition) is 2. The molecule has 0 radical (unpaired) electrons. The molecule has 0 unspecified atom stereocenters. The van der Waals surface area contributed by atoms with Crippen LogP contribution in [0.5, 0.6) is 0 Å². The van der Waals surface area contributed by atoms with Crippen molar-refractivity contribution in [2.45, 2.75) is 6.92 Å². The lowest BCUT2D eigenvalue weighted by Gasteiger charge is -1.99. The van der Waals surface area contributed by atoms with E-state index in [1.807, 2.05) is 6.92 Å². The first-order chi connectivity index (χ1) is 4.81. The van der Waals surface area contributed by atoms with Gasteiger partial charge in [0.25, 0.3) is 0 Å². The molecule has 0 bridgehead atoms. The van der Waals surface area contributed by atoms with Crippen molar-refractivity contribution in [1.29, 1.82) is 0 Å². The number of nitrogens with one attached hydrogen (secondary N) is 1. The maximum absolute atomic E-state index is 5.47. The molecular weight excluding hydrogens is 128 g/mol. The molecule has 3 nitrogen and oxygen atoms in total. The second kappa shape index (κ2) is 6.16. The summed E-state index contributed by atoms with van der Waals surface area (Å²) in [5, 5.41) is 3.05. The predicted octanol–water partition coefficient (Wildman–Crippen LogP) is 0.556. The molecule has 0 fully saturated rings. The van der Waals surface area contributed by atoms with Crippen LogP contribution < -0.4 is 11.1 Å². The Labute approximate surface area is 61.6 Å². The molecule has 0 saturated carbocycles. The van der Waals surface area contributed by atoms with Crippen LogP contribution in [-0.2, 0) is 4.74 Å². The topological polar surface area (TPSA) is 47.3 Å². The maximum atomic E-state index is 5.47. The highest BCUT2D eigenvalue weighted by molar-refractivity contribution is 4.94. The van der Waals surface area contributed by atoms with Crippen LogP contribution in [0.15, 0.2) is 24.8 Å². The van der Waals surface area contributed by atoms with Gasteiger partial charge in [-0.15, -0.1) is 0 Å². The fourth-order valence-corrected chi connectivity index (χ4v) is 0.447. The minimum Gasteiger partial charge on any atom is -0.471 e. The van der Waals surface area contributed by atoms with Crippen LogP contribution in [0.4, 0.5) is 0 Å². The number of ether oxygens (including phenoxy) is 1. The van der Waals surface area contributed by atoms with E-state index in [0.29, 0.717) is 12.2 Å². The van der Waals surface area contributed by atoms with E-state index in [0.717, 1.165) is 6.54 Å². The number of rotatable bonds is 5. The molecule has 0 spiro atoms. The molecule has 58 valence electrons. The van der Waals surface area contributed by atoms with Crippen LogP contribution in [0, 0.1) is 0 Å². The largest absolute Gasteiger partial charge is 0.471 e. The van der Waals surface area contributed by atoms with E-state index in [-0.39, 0.29) is 0 Å². The van der Waals surface area contributed by atoms with Crippen LogP contribution in [0.25, 0.3) is 0 Å². The summed E-state index contributed by atoms with van der Waals surface area (Å²) in [5.74, 6) is 0. The lowest BCUT2D eigenvalue weighted by molar-refractivity contribution is 0.397. The van der Waals surface area contributed by atoms with Crippen molar-refractivity contribution in [3.63, 3.8) is 0 Å². The first kappa shape index (κ1) is 9.04. The monoisotopic (exact) mass is 142 g/mol. The highest BCUT2D eigenvalue weighted by Gasteiger charge is 1.85. The van der Waals surface area contributed by atoms with Gasteiger partial charge in [0.2, 0.25) is 0 Å². The highest BCUT2D eigenvalue weighted by Crippen LogP contribution is 1.82. The third kappa shape index (κ3) is 5.18. The minimum atomic E-state index is 0.657. The summed E-state index contributed by atoms with van der Waals surface area (Å²) in [5.41, 5.74) is 6.14. The zero-order valence-electron chi connectivity index (χ0n) is 6.26. The van der Waals surface area contributed by atoms with Gasteiger partial charge in [-0.05, 0) is 6.54 Å². The Morgan fingerprint density at radius 2 is 2.50 bits per heavy atom. The van der Waals surface area contributed by atoms with Crippen LogP contribution in [-0.4, -0.2) is 13.1 Å². The van der Waals surface area contributed by atoms with Gasteiger partial charge in [0.1, 0.15) is 6.26 Å². The zero-order chi connectivity index (χ0) is 7.82. The number of nitrogens with two attached hydrogens (primary N) is 1. The quantitative estimate of drug-likeness (QED) is 0.551. The third-order valence-corrected chi connectivity index (χ3v) is 0.895. The molecule has 0 aliphatic carbocycles. The van der Waals surface area contributed by atoms with Gasteiger partial charge in [-0.2, -0.15) is 0 Å². The SMILES string of the molecule is C=CO/C=C(\N)CNCC. The van der Waals surface area contributed by atoms with Crippen molar-refractivity contribution in [2.24, 2.45) is 5.73 Å². The average molecular weight is 142 g/mol. The molecule has 0 aliphatic rings. The van der Waals surface area contributed by atoms with E-state index in [1.54, 1.807) is 0 Å². The zero-order valence-corrected chi connectivity index (χ0v) is 6.26. The van der Waals surface area contributed by atoms with Crippen LogP contribution in [0.2, 0.25) is 0 Å².